The number of hydrogen-bond donors (Lipinski definition) is 4. The molecule has 1 saturated carbocycles. The monoisotopic (exact) mass is 890 g/mol. The van der Waals surface area contributed by atoms with E-state index >= 15 is 0 Å². The number of amides is 4. The lowest BCUT2D eigenvalue weighted by molar-refractivity contribution is -0.136. The van der Waals surface area contributed by atoms with Gasteiger partial charge in [-0.25, -0.2) is 19.6 Å². The number of nitrogens with one attached hydrogen (secondary N) is 4. The van der Waals surface area contributed by atoms with Gasteiger partial charge in [0.15, 0.2) is 0 Å². The van der Waals surface area contributed by atoms with Crippen molar-refractivity contribution in [2.45, 2.75) is 110 Å². The summed E-state index contributed by atoms with van der Waals surface area (Å²) in [4.78, 5) is 73.3. The molecule has 4 N–H and O–H groups in total. The number of benzene rings is 2. The number of aryl methyl sites for hydroxylation is 2. The van der Waals surface area contributed by atoms with E-state index in [4.69, 9.17) is 28.9 Å². The highest BCUT2D eigenvalue weighted by atomic mass is 16.5. The first-order valence-electron chi connectivity index (χ1n) is 23.4. The van der Waals surface area contributed by atoms with Crippen LogP contribution in [0, 0.1) is 23.7 Å². The number of methoxy groups -OCH3 is 2. The van der Waals surface area contributed by atoms with Crippen LogP contribution in [0.3, 0.4) is 0 Å². The zero-order chi connectivity index (χ0) is 45.5. The summed E-state index contributed by atoms with van der Waals surface area (Å²) in [6.45, 7) is 10.5. The Morgan fingerprint density at radius 3 is 2.20 bits per heavy atom. The van der Waals surface area contributed by atoms with Gasteiger partial charge in [-0.3, -0.25) is 9.59 Å². The molecular weight excluding hydrogens is 829 g/mol. The van der Waals surface area contributed by atoms with Crippen LogP contribution in [0.5, 0.6) is 5.75 Å². The molecule has 2 aromatic heterocycles. The van der Waals surface area contributed by atoms with E-state index in [0.717, 1.165) is 88.8 Å². The minimum Gasteiger partial charge on any atom is -0.488 e. The van der Waals surface area contributed by atoms with Crippen LogP contribution in [0.4, 0.5) is 9.59 Å². The lowest BCUT2D eigenvalue weighted by atomic mass is 9.86. The van der Waals surface area contributed by atoms with Crippen molar-refractivity contribution in [3.05, 3.63) is 65.0 Å². The van der Waals surface area contributed by atoms with Gasteiger partial charge in [-0.1, -0.05) is 46.2 Å². The molecule has 2 aromatic carbocycles. The molecule has 346 valence electrons. The van der Waals surface area contributed by atoms with Crippen molar-refractivity contribution in [2.75, 3.05) is 40.5 Å². The third kappa shape index (κ3) is 8.81. The minimum atomic E-state index is -0.744. The highest BCUT2D eigenvalue weighted by Crippen LogP contribution is 2.46. The summed E-state index contributed by atoms with van der Waals surface area (Å²) in [5.74, 6) is 2.47. The second kappa shape index (κ2) is 18.5. The topological polar surface area (TPSA) is 193 Å². The fourth-order valence-electron chi connectivity index (χ4n) is 10.3. The molecule has 0 radical (unpaired) electrons. The van der Waals surface area contributed by atoms with Gasteiger partial charge in [-0.15, -0.1) is 0 Å². The fourth-order valence-corrected chi connectivity index (χ4v) is 10.3. The summed E-state index contributed by atoms with van der Waals surface area (Å²) in [6.07, 6.45) is 8.18. The fraction of sp³-hybridized carbons (Fsp3) is 0.551. The van der Waals surface area contributed by atoms with Crippen LogP contribution in [0.1, 0.15) is 107 Å². The summed E-state index contributed by atoms with van der Waals surface area (Å²) in [5.41, 5.74) is 9.18. The maximum Gasteiger partial charge on any atom is 0.407 e. The number of alkyl carbamates (subject to hydrolysis) is 2. The van der Waals surface area contributed by atoms with Crippen LogP contribution in [-0.4, -0.2) is 106 Å². The van der Waals surface area contributed by atoms with Crippen LogP contribution >= 0.6 is 0 Å². The van der Waals surface area contributed by atoms with E-state index in [2.05, 4.69) is 50.9 Å². The van der Waals surface area contributed by atoms with E-state index in [1.54, 1.807) is 0 Å². The number of likely N-dealkylation sites (tertiary alicyclic amines) is 2. The predicted octanol–water partition coefficient (Wildman–Crippen LogP) is 7.26. The largest absolute Gasteiger partial charge is 0.488 e. The van der Waals surface area contributed by atoms with E-state index in [9.17, 15) is 19.2 Å². The van der Waals surface area contributed by atoms with Crippen molar-refractivity contribution in [1.29, 1.82) is 0 Å². The van der Waals surface area contributed by atoms with Crippen LogP contribution in [0.2, 0.25) is 0 Å². The lowest BCUT2D eigenvalue weighted by Crippen LogP contribution is -2.51. The average molecular weight is 891 g/mol. The molecule has 2 saturated heterocycles. The highest BCUT2D eigenvalue weighted by molar-refractivity contribution is 5.88. The summed E-state index contributed by atoms with van der Waals surface area (Å²) in [6, 6.07) is 8.77. The second-order valence-corrected chi connectivity index (χ2v) is 19.1. The molecular formula is C49H62N8O8. The van der Waals surface area contributed by atoms with Crippen LogP contribution in [0.15, 0.2) is 36.5 Å². The quantitative estimate of drug-likeness (QED) is 0.106. The van der Waals surface area contributed by atoms with Gasteiger partial charge in [0.2, 0.25) is 11.8 Å². The standard InChI is InChI=1S/C49H62N8O8/c1-26(2)41(54-48(60)62-5)46(58)56-16-8-11-38(56)44-50-21-37(52-44)31-12-14-33-32(18-31)25-65-40-20-34-30(19-35(33)40)13-15-36-43(34)53-45(51-36)39-17-29(24-64-23-28-9-7-10-28)22-57(39)47(59)42(27(3)4)55-49(61)63-6/h12,14,18-21,26-29,38-39,41-42H,7-11,13,15-17,22-25H2,1-6H3,(H,50,52)(H,51,53)(H,54,60)(H,55,61)/t29-,38+,39+,41+,42+/m1/s1. The molecule has 65 heavy (non-hydrogen) atoms. The number of nitrogens with zero attached hydrogens (tertiary/aromatic N) is 4. The number of carbonyl (C=O) groups excluding carboxylic acids is 4. The third-order valence-corrected chi connectivity index (χ3v) is 14.1. The van der Waals surface area contributed by atoms with Gasteiger partial charge in [0.1, 0.15) is 36.1 Å². The number of imidazole rings is 2. The molecule has 4 aromatic rings. The normalized spacial score (nSPS) is 20.8. The van der Waals surface area contributed by atoms with Crippen LogP contribution in [-0.2, 0) is 43.2 Å². The number of ether oxygens (including phenoxy) is 4. The van der Waals surface area contributed by atoms with E-state index in [1.807, 2.05) is 43.7 Å². The molecule has 2 aliphatic carbocycles. The van der Waals surface area contributed by atoms with Gasteiger partial charge in [0.05, 0.1) is 50.5 Å². The molecule has 16 nitrogen and oxygen atoms in total. The zero-order valence-electron chi connectivity index (χ0n) is 38.3. The first kappa shape index (κ1) is 44.3. The molecule has 5 heterocycles. The Morgan fingerprint density at radius 1 is 0.785 bits per heavy atom. The van der Waals surface area contributed by atoms with Crippen LogP contribution in [0.25, 0.3) is 33.6 Å². The lowest BCUT2D eigenvalue weighted by Gasteiger charge is -2.30. The predicted molar refractivity (Wildman–Crippen MR) is 242 cm³/mol. The van der Waals surface area contributed by atoms with E-state index in [1.165, 1.54) is 39.0 Å². The number of H-pyrrole nitrogens is 2. The molecule has 16 heteroatoms. The van der Waals surface area contributed by atoms with Gasteiger partial charge >= 0.3 is 12.2 Å². The maximum atomic E-state index is 14.3. The Morgan fingerprint density at radius 2 is 1.51 bits per heavy atom. The van der Waals surface area contributed by atoms with Crippen molar-refractivity contribution >= 4 is 24.0 Å². The molecule has 0 bridgehead atoms. The molecule has 9 rings (SSSR count). The van der Waals surface area contributed by atoms with Gasteiger partial charge in [-0.05, 0) is 103 Å². The van der Waals surface area contributed by atoms with Crippen molar-refractivity contribution < 1.29 is 38.1 Å². The van der Waals surface area contributed by atoms with Crippen molar-refractivity contribution in [3.63, 3.8) is 0 Å². The Hall–Kier alpha value is -5.90. The Balaban J connectivity index is 0.939. The molecule has 3 fully saturated rings. The summed E-state index contributed by atoms with van der Waals surface area (Å²) < 4.78 is 22.4. The van der Waals surface area contributed by atoms with Gasteiger partial charge in [0.25, 0.3) is 0 Å². The van der Waals surface area contributed by atoms with Crippen molar-refractivity contribution in [1.82, 2.24) is 40.4 Å². The average Bonchev–Trinajstić information content (AvgIpc) is 4.13. The highest BCUT2D eigenvalue weighted by Gasteiger charge is 2.43. The van der Waals surface area contributed by atoms with Gasteiger partial charge in [0, 0.05) is 42.4 Å². The SMILES string of the molecule is COC(=O)N[C@H](C(=O)N1CCC[C@H]1c1ncc(-c2ccc3c(c2)COc2cc4c(cc2-3)CCc2[nH]c([C@@H]3C[C@@H](COCC5CCC5)CN3C(=O)[C@@H](NC(=O)OC)C(C)C)nc2-4)[nH]1)C(C)C. The Kier molecular flexibility index (Phi) is 12.6. The minimum absolute atomic E-state index is 0.117. The molecule has 0 unspecified atom stereocenters. The number of rotatable bonds is 13. The third-order valence-electron chi connectivity index (χ3n) is 14.1. The Bertz CT molecular complexity index is 2440. The first-order chi connectivity index (χ1) is 31.4. The van der Waals surface area contributed by atoms with E-state index in [-0.39, 0.29) is 41.7 Å². The molecule has 0 spiro atoms. The molecule has 3 aliphatic heterocycles. The molecule has 4 amide bonds. The number of fused-ring (bicyclic) bond motifs is 6. The number of aromatic amines is 2. The van der Waals surface area contributed by atoms with Crippen molar-refractivity contribution in [2.24, 2.45) is 23.7 Å². The molecule has 5 aliphatic rings. The maximum absolute atomic E-state index is 14.3. The Labute approximate surface area is 379 Å². The molecule has 5 atom stereocenters. The van der Waals surface area contributed by atoms with Gasteiger partial charge in [-0.2, -0.15) is 0 Å². The number of aromatic nitrogens is 4. The zero-order valence-corrected chi connectivity index (χ0v) is 38.3. The first-order valence-corrected chi connectivity index (χ1v) is 23.4. The smallest absolute Gasteiger partial charge is 0.407 e. The van der Waals surface area contributed by atoms with Crippen LogP contribution < -0.4 is 15.4 Å². The number of hydrogen-bond acceptors (Lipinski definition) is 10. The summed E-state index contributed by atoms with van der Waals surface area (Å²) >= 11 is 0. The number of carbonyl (C=O) groups is 4. The summed E-state index contributed by atoms with van der Waals surface area (Å²) in [7, 11) is 2.60. The van der Waals surface area contributed by atoms with E-state index < -0.39 is 24.3 Å². The van der Waals surface area contributed by atoms with E-state index in [0.29, 0.717) is 44.5 Å². The van der Waals surface area contributed by atoms with Gasteiger partial charge < -0.3 is 49.3 Å². The second-order valence-electron chi connectivity index (χ2n) is 19.1. The van der Waals surface area contributed by atoms with Crippen molar-refractivity contribution in [3.8, 4) is 39.4 Å². The summed E-state index contributed by atoms with van der Waals surface area (Å²) in [5, 5.41) is 5.50.